The number of nitrogens with one attached hydrogen (secondary N) is 1. The predicted octanol–water partition coefficient (Wildman–Crippen LogP) is 6.41. The van der Waals surface area contributed by atoms with Crippen LogP contribution in [-0.2, 0) is 9.59 Å². The maximum atomic E-state index is 13.3. The van der Waals surface area contributed by atoms with E-state index in [1.54, 1.807) is 41.3 Å². The zero-order valence-corrected chi connectivity index (χ0v) is 19.6. The number of carbonyl (C=O) groups excluding carboxylic acids is 2. The van der Waals surface area contributed by atoms with Crippen molar-refractivity contribution in [3.05, 3.63) is 59.4 Å². The van der Waals surface area contributed by atoms with E-state index in [2.05, 4.69) is 17.2 Å². The molecule has 0 bridgehead atoms. The Morgan fingerprint density at radius 3 is 2.50 bits per heavy atom. The lowest BCUT2D eigenvalue weighted by Crippen LogP contribution is -2.45. The van der Waals surface area contributed by atoms with Gasteiger partial charge in [-0.25, -0.2) is 9.38 Å². The molecule has 1 fully saturated rings. The molecule has 1 saturated heterocycles. The summed E-state index contributed by atoms with van der Waals surface area (Å²) < 4.78 is 13.3. The average Bonchev–Trinajstić information content (AvgIpc) is 2.78. The number of halogens is 2. The molecular formula is C24H27ClFN3O2S. The van der Waals surface area contributed by atoms with Gasteiger partial charge in [0, 0.05) is 23.7 Å². The van der Waals surface area contributed by atoms with E-state index in [1.807, 2.05) is 0 Å². The minimum Gasteiger partial charge on any atom is -0.325 e. The second kappa shape index (κ2) is 12.0. The summed E-state index contributed by atoms with van der Waals surface area (Å²) in [6, 6.07) is 12.6. The summed E-state index contributed by atoms with van der Waals surface area (Å²) in [5.41, 5.74) is 1.15. The number of unbranched alkanes of at least 4 members (excludes halogenated alkanes) is 4. The number of hydrogen-bond acceptors (Lipinski definition) is 4. The van der Waals surface area contributed by atoms with E-state index in [1.165, 1.54) is 30.3 Å². The highest BCUT2D eigenvalue weighted by molar-refractivity contribution is 8.15. The summed E-state index contributed by atoms with van der Waals surface area (Å²) >= 11 is 7.17. The van der Waals surface area contributed by atoms with Crippen LogP contribution in [0.3, 0.4) is 0 Å². The molecule has 1 N–H and O–H groups in total. The molecular weight excluding hydrogens is 449 g/mol. The summed E-state index contributed by atoms with van der Waals surface area (Å²) in [5.74, 6) is -0.745. The van der Waals surface area contributed by atoms with Gasteiger partial charge in [-0.15, -0.1) is 0 Å². The SMILES string of the molecule is CCCCCCCN1C(=O)CC(C(=O)Nc2ccc(Cl)cc2)SC1=Nc1ccc(F)cc1. The molecule has 3 rings (SSSR count). The monoisotopic (exact) mass is 475 g/mol. The van der Waals surface area contributed by atoms with Crippen molar-refractivity contribution in [3.8, 4) is 0 Å². The first-order valence-corrected chi connectivity index (χ1v) is 12.1. The first kappa shape index (κ1) is 24.3. The van der Waals surface area contributed by atoms with E-state index < -0.39 is 5.25 Å². The third-order valence-corrected chi connectivity index (χ3v) is 6.52. The number of aliphatic imine (C=N–C) groups is 1. The molecule has 0 aliphatic carbocycles. The maximum absolute atomic E-state index is 13.3. The van der Waals surface area contributed by atoms with E-state index in [-0.39, 0.29) is 24.1 Å². The van der Waals surface area contributed by atoms with E-state index in [0.29, 0.717) is 28.1 Å². The molecule has 0 aromatic heterocycles. The standard InChI is InChI=1S/C24H27ClFN3O2S/c1-2-3-4-5-6-15-29-22(30)16-21(23(31)27-19-11-7-17(25)8-12-19)32-24(29)28-20-13-9-18(26)10-14-20/h7-14,21H,2-6,15-16H2,1H3,(H,27,31). The summed E-state index contributed by atoms with van der Waals surface area (Å²) in [4.78, 5) is 32.0. The molecule has 1 aliphatic heterocycles. The van der Waals surface area contributed by atoms with Crippen LogP contribution in [0, 0.1) is 5.82 Å². The quantitative estimate of drug-likeness (QED) is 0.426. The van der Waals surface area contributed by atoms with Crippen LogP contribution < -0.4 is 5.32 Å². The van der Waals surface area contributed by atoms with Gasteiger partial charge in [-0.05, 0) is 55.0 Å². The van der Waals surface area contributed by atoms with Crippen molar-refractivity contribution >= 4 is 51.7 Å². The fourth-order valence-electron chi connectivity index (χ4n) is 3.32. The Bertz CT molecular complexity index is 951. The Morgan fingerprint density at radius 2 is 1.81 bits per heavy atom. The number of nitrogens with zero attached hydrogens (tertiary/aromatic N) is 2. The van der Waals surface area contributed by atoms with Gasteiger partial charge in [0.25, 0.3) is 0 Å². The third-order valence-electron chi connectivity index (χ3n) is 5.08. The molecule has 1 heterocycles. The largest absolute Gasteiger partial charge is 0.325 e. The van der Waals surface area contributed by atoms with Gasteiger partial charge in [-0.3, -0.25) is 14.5 Å². The first-order chi connectivity index (χ1) is 15.5. The molecule has 1 aliphatic rings. The third kappa shape index (κ3) is 7.07. The molecule has 2 aromatic carbocycles. The maximum Gasteiger partial charge on any atom is 0.238 e. The highest BCUT2D eigenvalue weighted by Crippen LogP contribution is 2.30. The van der Waals surface area contributed by atoms with Gasteiger partial charge in [-0.2, -0.15) is 0 Å². The van der Waals surface area contributed by atoms with E-state index in [4.69, 9.17) is 11.6 Å². The van der Waals surface area contributed by atoms with Crippen LogP contribution >= 0.6 is 23.4 Å². The highest BCUT2D eigenvalue weighted by atomic mass is 35.5. The van der Waals surface area contributed by atoms with Gasteiger partial charge >= 0.3 is 0 Å². The lowest BCUT2D eigenvalue weighted by atomic mass is 10.1. The summed E-state index contributed by atoms with van der Waals surface area (Å²) in [6.45, 7) is 2.72. The van der Waals surface area contributed by atoms with Crippen LogP contribution in [0.1, 0.15) is 45.4 Å². The second-order valence-electron chi connectivity index (χ2n) is 7.64. The molecule has 170 valence electrons. The van der Waals surface area contributed by atoms with E-state index >= 15 is 0 Å². The van der Waals surface area contributed by atoms with Gasteiger partial charge < -0.3 is 5.32 Å². The van der Waals surface area contributed by atoms with Gasteiger partial charge in [-0.1, -0.05) is 56.0 Å². The Labute approximate surface area is 197 Å². The molecule has 5 nitrogen and oxygen atoms in total. The number of benzene rings is 2. The van der Waals surface area contributed by atoms with Crippen molar-refractivity contribution < 1.29 is 14.0 Å². The van der Waals surface area contributed by atoms with Gasteiger partial charge in [0.2, 0.25) is 11.8 Å². The lowest BCUT2D eigenvalue weighted by Gasteiger charge is -2.31. The second-order valence-corrected chi connectivity index (χ2v) is 9.24. The Balaban J connectivity index is 1.74. The Morgan fingerprint density at radius 1 is 1.12 bits per heavy atom. The van der Waals surface area contributed by atoms with Crippen molar-refractivity contribution in [1.82, 2.24) is 4.90 Å². The molecule has 8 heteroatoms. The molecule has 32 heavy (non-hydrogen) atoms. The van der Waals surface area contributed by atoms with Gasteiger partial charge in [0.05, 0.1) is 5.69 Å². The van der Waals surface area contributed by atoms with Crippen LogP contribution in [0.25, 0.3) is 0 Å². The number of anilines is 1. The van der Waals surface area contributed by atoms with Crippen molar-refractivity contribution in [1.29, 1.82) is 0 Å². The van der Waals surface area contributed by atoms with Gasteiger partial charge in [0.15, 0.2) is 5.17 Å². The fraction of sp³-hybridized carbons (Fsp3) is 0.375. The van der Waals surface area contributed by atoms with Crippen molar-refractivity contribution in [2.75, 3.05) is 11.9 Å². The van der Waals surface area contributed by atoms with Crippen LogP contribution in [0.5, 0.6) is 0 Å². The number of hydrogen-bond donors (Lipinski definition) is 1. The fourth-order valence-corrected chi connectivity index (χ4v) is 4.57. The lowest BCUT2D eigenvalue weighted by molar-refractivity contribution is -0.129. The predicted molar refractivity (Wildman–Crippen MR) is 130 cm³/mol. The average molecular weight is 476 g/mol. The van der Waals surface area contributed by atoms with Crippen LogP contribution in [0.2, 0.25) is 5.02 Å². The number of carbonyl (C=O) groups is 2. The number of thioether (sulfide) groups is 1. The van der Waals surface area contributed by atoms with Gasteiger partial charge in [0.1, 0.15) is 11.1 Å². The smallest absolute Gasteiger partial charge is 0.238 e. The minimum atomic E-state index is -0.603. The van der Waals surface area contributed by atoms with Crippen molar-refractivity contribution in [2.45, 2.75) is 50.7 Å². The molecule has 2 aromatic rings. The van der Waals surface area contributed by atoms with Crippen molar-refractivity contribution in [3.63, 3.8) is 0 Å². The van der Waals surface area contributed by atoms with E-state index in [9.17, 15) is 14.0 Å². The molecule has 1 unspecified atom stereocenters. The topological polar surface area (TPSA) is 61.8 Å². The summed E-state index contributed by atoms with van der Waals surface area (Å²) in [7, 11) is 0. The zero-order chi connectivity index (χ0) is 22.9. The molecule has 0 radical (unpaired) electrons. The summed E-state index contributed by atoms with van der Waals surface area (Å²) in [5, 5.41) is 3.28. The number of amidine groups is 1. The Hall–Kier alpha value is -2.38. The minimum absolute atomic E-state index is 0.0987. The molecule has 1 atom stereocenters. The number of amides is 2. The highest BCUT2D eigenvalue weighted by Gasteiger charge is 2.35. The van der Waals surface area contributed by atoms with Crippen LogP contribution in [0.15, 0.2) is 53.5 Å². The number of rotatable bonds is 9. The first-order valence-electron chi connectivity index (χ1n) is 10.8. The van der Waals surface area contributed by atoms with Crippen LogP contribution in [0.4, 0.5) is 15.8 Å². The molecule has 2 amide bonds. The van der Waals surface area contributed by atoms with E-state index in [0.717, 1.165) is 25.7 Å². The Kier molecular flexibility index (Phi) is 9.11. The van der Waals surface area contributed by atoms with Crippen LogP contribution in [-0.4, -0.2) is 33.7 Å². The molecule has 0 saturated carbocycles. The summed E-state index contributed by atoms with van der Waals surface area (Å²) in [6.07, 6.45) is 5.46. The zero-order valence-electron chi connectivity index (χ0n) is 18.0. The molecule has 0 spiro atoms. The van der Waals surface area contributed by atoms with Crippen molar-refractivity contribution in [2.24, 2.45) is 4.99 Å². The normalized spacial score (nSPS) is 17.6.